The lowest BCUT2D eigenvalue weighted by molar-refractivity contribution is -0.160. The second-order valence-corrected chi connectivity index (χ2v) is 8.59. The van der Waals surface area contributed by atoms with E-state index in [9.17, 15) is 14.7 Å². The molecule has 0 saturated carbocycles. The average Bonchev–Trinajstić information content (AvgIpc) is 2.88. The van der Waals surface area contributed by atoms with Crippen molar-refractivity contribution in [2.75, 3.05) is 13.7 Å². The lowest BCUT2D eigenvalue weighted by atomic mass is 9.87. The van der Waals surface area contributed by atoms with Gasteiger partial charge in [0.1, 0.15) is 12.1 Å². The molecule has 8 heteroatoms. The minimum atomic E-state index is -0.857. The molecule has 3 rings (SSSR count). The minimum Gasteiger partial charge on any atom is -0.503 e. The Morgan fingerprint density at radius 2 is 2.00 bits per heavy atom. The molecule has 2 heterocycles. The van der Waals surface area contributed by atoms with E-state index in [4.69, 9.17) is 14.2 Å². The van der Waals surface area contributed by atoms with Gasteiger partial charge in [0.25, 0.3) is 5.91 Å². The summed E-state index contributed by atoms with van der Waals surface area (Å²) in [7, 11) is 1.39. The van der Waals surface area contributed by atoms with Gasteiger partial charge in [-0.25, -0.2) is 9.78 Å². The van der Waals surface area contributed by atoms with E-state index in [1.165, 1.54) is 24.9 Å². The molecule has 1 amide bonds. The number of aromatic hydroxyl groups is 1. The summed E-state index contributed by atoms with van der Waals surface area (Å²) in [6.07, 6.45) is 4.25. The summed E-state index contributed by atoms with van der Waals surface area (Å²) in [4.78, 5) is 29.7. The fourth-order valence-electron chi connectivity index (χ4n) is 4.37. The Balaban J connectivity index is 1.76. The van der Waals surface area contributed by atoms with Gasteiger partial charge in [-0.15, -0.1) is 0 Å². The smallest absolute Gasteiger partial charge is 0.329 e. The highest BCUT2D eigenvalue weighted by molar-refractivity contribution is 5.97. The van der Waals surface area contributed by atoms with Gasteiger partial charge in [-0.2, -0.15) is 0 Å². The van der Waals surface area contributed by atoms with Crippen LogP contribution in [-0.4, -0.2) is 53.9 Å². The number of nitrogens with zero attached hydrogens (tertiary/aromatic N) is 1. The predicted molar refractivity (Wildman–Crippen MR) is 127 cm³/mol. The zero-order valence-corrected chi connectivity index (χ0v) is 20.0. The molecule has 0 radical (unpaired) electrons. The number of hydrogen-bond acceptors (Lipinski definition) is 7. The molecule has 34 heavy (non-hydrogen) atoms. The van der Waals surface area contributed by atoms with Crippen LogP contribution >= 0.6 is 0 Å². The van der Waals surface area contributed by atoms with E-state index in [1.807, 2.05) is 32.0 Å². The third-order valence-corrected chi connectivity index (χ3v) is 6.06. The second kappa shape index (κ2) is 12.4. The monoisotopic (exact) mass is 470 g/mol. The van der Waals surface area contributed by atoms with Gasteiger partial charge in [0.05, 0.1) is 13.2 Å². The van der Waals surface area contributed by atoms with E-state index in [-0.39, 0.29) is 29.2 Å². The fraction of sp³-hybridized carbons (Fsp3) is 0.500. The van der Waals surface area contributed by atoms with E-state index >= 15 is 0 Å². The van der Waals surface area contributed by atoms with Crippen LogP contribution in [0.5, 0.6) is 11.5 Å². The number of ether oxygens (including phenoxy) is 3. The van der Waals surface area contributed by atoms with Gasteiger partial charge in [-0.3, -0.25) is 4.79 Å². The predicted octanol–water partition coefficient (Wildman–Crippen LogP) is 3.66. The molecule has 4 atom stereocenters. The van der Waals surface area contributed by atoms with E-state index in [0.29, 0.717) is 19.4 Å². The van der Waals surface area contributed by atoms with Gasteiger partial charge in [-0.05, 0) is 44.1 Å². The molecule has 1 aliphatic rings. The van der Waals surface area contributed by atoms with Crippen LogP contribution in [0, 0.1) is 5.92 Å². The second-order valence-electron chi connectivity index (χ2n) is 8.59. The van der Waals surface area contributed by atoms with Crippen molar-refractivity contribution in [3.63, 3.8) is 0 Å². The number of esters is 1. The van der Waals surface area contributed by atoms with Crippen LogP contribution in [0.15, 0.2) is 42.6 Å². The van der Waals surface area contributed by atoms with Gasteiger partial charge in [0.2, 0.25) is 0 Å². The van der Waals surface area contributed by atoms with Crippen molar-refractivity contribution in [3.8, 4) is 11.5 Å². The first-order valence-corrected chi connectivity index (χ1v) is 11.8. The first-order chi connectivity index (χ1) is 16.4. The standard InChI is InChI=1S/C26H34N2O6/c1-4-15-33-24-17(2)34-26(31)20(12-8-11-19(24)16-18-9-6-5-7-10-18)28-25(30)22-23(29)21(32-3)13-14-27-22/h5-7,9-10,13-14,17,19-20,24,29H,4,8,11-12,15-16H2,1-3H3,(H,28,30)/t17-,19+,20-,24-/m0/s1. The van der Waals surface area contributed by atoms with Crippen molar-refractivity contribution in [3.05, 3.63) is 53.9 Å². The van der Waals surface area contributed by atoms with Crippen LogP contribution in [-0.2, 0) is 20.7 Å². The Hall–Kier alpha value is -3.13. The fourth-order valence-corrected chi connectivity index (χ4v) is 4.37. The first kappa shape index (κ1) is 25.5. The number of methoxy groups -OCH3 is 1. The van der Waals surface area contributed by atoms with Crippen molar-refractivity contribution >= 4 is 11.9 Å². The molecule has 0 spiro atoms. The molecule has 1 aliphatic heterocycles. The number of amides is 1. The highest BCUT2D eigenvalue weighted by Gasteiger charge is 2.35. The van der Waals surface area contributed by atoms with Crippen LogP contribution < -0.4 is 10.1 Å². The Morgan fingerprint density at radius 1 is 1.24 bits per heavy atom. The summed E-state index contributed by atoms with van der Waals surface area (Å²) in [6.45, 7) is 4.47. The summed E-state index contributed by atoms with van der Waals surface area (Å²) >= 11 is 0. The van der Waals surface area contributed by atoms with Crippen LogP contribution in [0.3, 0.4) is 0 Å². The first-order valence-electron chi connectivity index (χ1n) is 11.8. The molecule has 1 aromatic carbocycles. The zero-order chi connectivity index (χ0) is 24.5. The molecule has 0 bridgehead atoms. The maximum Gasteiger partial charge on any atom is 0.329 e. The van der Waals surface area contributed by atoms with Crippen molar-refractivity contribution in [2.24, 2.45) is 5.92 Å². The summed E-state index contributed by atoms with van der Waals surface area (Å²) in [5, 5.41) is 12.9. The van der Waals surface area contributed by atoms with Crippen molar-refractivity contribution < 1.29 is 28.9 Å². The number of rotatable bonds is 8. The average molecular weight is 471 g/mol. The highest BCUT2D eigenvalue weighted by Crippen LogP contribution is 2.29. The highest BCUT2D eigenvalue weighted by atomic mass is 16.6. The number of pyridine rings is 1. The van der Waals surface area contributed by atoms with E-state index in [0.717, 1.165) is 19.3 Å². The Bertz CT molecular complexity index is 952. The van der Waals surface area contributed by atoms with E-state index in [1.54, 1.807) is 0 Å². The third kappa shape index (κ3) is 6.47. The number of cyclic esters (lactones) is 1. The number of hydrogen-bond donors (Lipinski definition) is 2. The van der Waals surface area contributed by atoms with Crippen molar-refractivity contribution in [2.45, 2.75) is 64.2 Å². The van der Waals surface area contributed by atoms with Gasteiger partial charge < -0.3 is 24.6 Å². The molecular weight excluding hydrogens is 436 g/mol. The van der Waals surface area contributed by atoms with Crippen LogP contribution in [0.1, 0.15) is 55.6 Å². The minimum absolute atomic E-state index is 0.130. The number of carbonyl (C=O) groups excluding carboxylic acids is 2. The maximum atomic E-state index is 13.0. The molecular formula is C26H34N2O6. The number of carbonyl (C=O) groups is 2. The van der Waals surface area contributed by atoms with Crippen LogP contribution in [0.25, 0.3) is 0 Å². The van der Waals surface area contributed by atoms with Gasteiger partial charge >= 0.3 is 5.97 Å². The summed E-state index contributed by atoms with van der Waals surface area (Å²) in [5.41, 5.74) is 1.01. The van der Waals surface area contributed by atoms with Gasteiger partial charge in [0, 0.05) is 18.9 Å². The van der Waals surface area contributed by atoms with E-state index in [2.05, 4.69) is 22.4 Å². The Morgan fingerprint density at radius 3 is 2.71 bits per heavy atom. The molecule has 1 aromatic heterocycles. The molecule has 0 unspecified atom stereocenters. The lowest BCUT2D eigenvalue weighted by Gasteiger charge is -2.31. The molecule has 0 aliphatic carbocycles. The normalized spacial score (nSPS) is 23.2. The molecule has 8 nitrogen and oxygen atoms in total. The molecule has 2 N–H and O–H groups in total. The molecule has 2 aromatic rings. The SMILES string of the molecule is CCCO[C@@H]1[C@@H](Cc2ccccc2)CCC[C@H](NC(=O)c2nccc(OC)c2O)C(=O)O[C@H]1C. The zero-order valence-electron chi connectivity index (χ0n) is 20.0. The topological polar surface area (TPSA) is 107 Å². The molecule has 184 valence electrons. The van der Waals surface area contributed by atoms with Crippen LogP contribution in [0.4, 0.5) is 0 Å². The van der Waals surface area contributed by atoms with Crippen molar-refractivity contribution in [1.82, 2.24) is 10.3 Å². The number of nitrogens with one attached hydrogen (secondary N) is 1. The maximum absolute atomic E-state index is 13.0. The van der Waals surface area contributed by atoms with Crippen LogP contribution in [0.2, 0.25) is 0 Å². The largest absolute Gasteiger partial charge is 0.503 e. The summed E-state index contributed by atoms with van der Waals surface area (Å²) in [5.74, 6) is -1.26. The van der Waals surface area contributed by atoms with E-state index < -0.39 is 24.0 Å². The third-order valence-electron chi connectivity index (χ3n) is 6.06. The quantitative estimate of drug-likeness (QED) is 0.567. The molecule has 1 saturated heterocycles. The summed E-state index contributed by atoms with van der Waals surface area (Å²) in [6, 6.07) is 10.8. The molecule has 1 fully saturated rings. The summed E-state index contributed by atoms with van der Waals surface area (Å²) < 4.78 is 17.0. The van der Waals surface area contributed by atoms with Gasteiger partial charge in [-0.1, -0.05) is 43.7 Å². The van der Waals surface area contributed by atoms with Crippen molar-refractivity contribution in [1.29, 1.82) is 0 Å². The number of benzene rings is 1. The lowest BCUT2D eigenvalue weighted by Crippen LogP contribution is -2.44. The van der Waals surface area contributed by atoms with Gasteiger partial charge in [0.15, 0.2) is 17.2 Å². The Labute approximate surface area is 200 Å². The number of aromatic nitrogens is 1. The Kier molecular flexibility index (Phi) is 9.27.